The van der Waals surface area contributed by atoms with Gasteiger partial charge in [0, 0.05) is 24.6 Å². The van der Waals surface area contributed by atoms with Crippen LogP contribution in [0.3, 0.4) is 0 Å². The molecule has 0 unspecified atom stereocenters. The van der Waals surface area contributed by atoms with Gasteiger partial charge in [-0.05, 0) is 36.5 Å². The number of fused-ring (bicyclic) bond motifs is 4. The number of nitrogen functional groups attached to an aromatic ring is 1. The van der Waals surface area contributed by atoms with Gasteiger partial charge in [-0.15, -0.1) is 0 Å². The topological polar surface area (TPSA) is 110 Å². The van der Waals surface area contributed by atoms with Crippen molar-refractivity contribution in [1.82, 2.24) is 19.3 Å². The summed E-state index contributed by atoms with van der Waals surface area (Å²) < 4.78 is 22.6. The number of amides is 1. The van der Waals surface area contributed by atoms with Gasteiger partial charge in [0.15, 0.2) is 0 Å². The highest BCUT2D eigenvalue weighted by Gasteiger charge is 2.35. The number of likely N-dealkylation sites (N-methyl/N-ethyl adjacent to an activating group) is 1. The van der Waals surface area contributed by atoms with Gasteiger partial charge in [0.2, 0.25) is 0 Å². The molecule has 4 aromatic rings. The molecule has 0 saturated heterocycles. The van der Waals surface area contributed by atoms with Crippen molar-refractivity contribution in [3.05, 3.63) is 65.4 Å². The molecule has 3 heterocycles. The molecule has 1 atom stereocenters. The van der Waals surface area contributed by atoms with Gasteiger partial charge in [0.1, 0.15) is 29.5 Å². The van der Waals surface area contributed by atoms with Crippen molar-refractivity contribution in [2.24, 2.45) is 5.92 Å². The van der Waals surface area contributed by atoms with Crippen molar-refractivity contribution in [1.29, 1.82) is 5.26 Å². The van der Waals surface area contributed by atoms with E-state index in [1.165, 1.54) is 17.0 Å². The van der Waals surface area contributed by atoms with Crippen LogP contribution in [0.25, 0.3) is 16.6 Å². The van der Waals surface area contributed by atoms with E-state index in [1.54, 1.807) is 24.0 Å². The maximum Gasteiger partial charge on any atom is 0.257 e. The van der Waals surface area contributed by atoms with Gasteiger partial charge in [-0.25, -0.2) is 14.4 Å². The second-order valence-electron chi connectivity index (χ2n) is 9.00. The molecule has 0 radical (unpaired) electrons. The lowest BCUT2D eigenvalue weighted by Crippen LogP contribution is -2.32. The van der Waals surface area contributed by atoms with E-state index in [0.29, 0.717) is 29.1 Å². The SMILES string of the molecule is CN(C(=O)c1cc2c(cc1F)nc(N)c1cncn12)[C@@H]1COc2cc(C3CC(C#N)C3)ccc21. The van der Waals surface area contributed by atoms with Crippen molar-refractivity contribution in [2.45, 2.75) is 24.8 Å². The van der Waals surface area contributed by atoms with Crippen LogP contribution in [0, 0.1) is 23.1 Å². The fourth-order valence-electron chi connectivity index (χ4n) is 4.97. The third kappa shape index (κ3) is 2.99. The van der Waals surface area contributed by atoms with Crippen molar-refractivity contribution >= 4 is 28.3 Å². The Kier molecular flexibility index (Phi) is 4.45. The number of hydrogen-bond donors (Lipinski definition) is 1. The summed E-state index contributed by atoms with van der Waals surface area (Å²) >= 11 is 0. The van der Waals surface area contributed by atoms with E-state index in [2.05, 4.69) is 16.0 Å². The molecule has 170 valence electrons. The van der Waals surface area contributed by atoms with Gasteiger partial charge in [-0.3, -0.25) is 9.20 Å². The van der Waals surface area contributed by atoms with Gasteiger partial charge in [0.25, 0.3) is 5.91 Å². The summed E-state index contributed by atoms with van der Waals surface area (Å²) in [5, 5.41) is 9.03. The van der Waals surface area contributed by atoms with Gasteiger partial charge in [-0.2, -0.15) is 5.26 Å². The maximum absolute atomic E-state index is 15.0. The normalized spacial score (nSPS) is 21.0. The van der Waals surface area contributed by atoms with Crippen LogP contribution in [-0.2, 0) is 0 Å². The quantitative estimate of drug-likeness (QED) is 0.502. The summed E-state index contributed by atoms with van der Waals surface area (Å²) in [6.45, 7) is 0.297. The summed E-state index contributed by atoms with van der Waals surface area (Å²) in [7, 11) is 1.65. The Morgan fingerprint density at radius 1 is 1.29 bits per heavy atom. The first-order chi connectivity index (χ1) is 16.4. The zero-order valence-electron chi connectivity index (χ0n) is 18.4. The molecule has 34 heavy (non-hydrogen) atoms. The Labute approximate surface area is 194 Å². The summed E-state index contributed by atoms with van der Waals surface area (Å²) in [5.74, 6) is 0.355. The van der Waals surface area contributed by atoms with Gasteiger partial charge >= 0.3 is 0 Å². The van der Waals surface area contributed by atoms with E-state index in [9.17, 15) is 4.79 Å². The van der Waals surface area contributed by atoms with E-state index >= 15 is 4.39 Å². The molecule has 2 N–H and O–H groups in total. The molecule has 0 spiro atoms. The first kappa shape index (κ1) is 20.4. The summed E-state index contributed by atoms with van der Waals surface area (Å²) in [6, 6.07) is 10.7. The second-order valence-corrected chi connectivity index (χ2v) is 9.00. The van der Waals surface area contributed by atoms with Crippen LogP contribution in [0.1, 0.15) is 46.3 Å². The summed E-state index contributed by atoms with van der Waals surface area (Å²) in [5.41, 5.74) is 9.41. The number of halogens is 1. The smallest absolute Gasteiger partial charge is 0.257 e. The highest BCUT2D eigenvalue weighted by atomic mass is 19.1. The fraction of sp³-hybridized carbons (Fsp3) is 0.280. The van der Waals surface area contributed by atoms with Crippen LogP contribution in [0.5, 0.6) is 5.75 Å². The van der Waals surface area contributed by atoms with Crippen molar-refractivity contribution in [2.75, 3.05) is 19.4 Å². The molecular formula is C25H21FN6O2. The predicted molar refractivity (Wildman–Crippen MR) is 123 cm³/mol. The molecule has 1 fully saturated rings. The van der Waals surface area contributed by atoms with Crippen LogP contribution in [0.4, 0.5) is 10.2 Å². The van der Waals surface area contributed by atoms with E-state index < -0.39 is 11.7 Å². The molecular weight excluding hydrogens is 435 g/mol. The van der Waals surface area contributed by atoms with Crippen LogP contribution in [0.2, 0.25) is 0 Å². The van der Waals surface area contributed by atoms with Crippen LogP contribution >= 0.6 is 0 Å². The average molecular weight is 456 g/mol. The molecule has 2 aliphatic rings. The van der Waals surface area contributed by atoms with E-state index in [4.69, 9.17) is 15.7 Å². The Balaban J connectivity index is 1.31. The standard InChI is InChI=1S/C25H21FN6O2/c1-31(22-11-34-23-6-14(2-3-16(22)23)15-4-13(5-15)9-27)25(33)17-7-20-19(8-18(17)26)30-24(28)21-10-29-12-32(20)21/h2-3,6-8,10,12-13,15,22H,4-5,11H2,1H3,(H2,28,30)/t13?,15?,22-/m1/s1. The minimum absolute atomic E-state index is 0.0568. The molecule has 2 aromatic carbocycles. The summed E-state index contributed by atoms with van der Waals surface area (Å²) in [6.07, 6.45) is 4.86. The van der Waals surface area contributed by atoms with Gasteiger partial charge < -0.3 is 15.4 Å². The zero-order chi connectivity index (χ0) is 23.6. The minimum Gasteiger partial charge on any atom is -0.491 e. The molecule has 6 rings (SSSR count). The molecule has 1 aliphatic carbocycles. The third-order valence-corrected chi connectivity index (χ3v) is 7.07. The number of nitriles is 1. The first-order valence-electron chi connectivity index (χ1n) is 11.1. The predicted octanol–water partition coefficient (Wildman–Crippen LogP) is 3.83. The van der Waals surface area contributed by atoms with Crippen molar-refractivity contribution in [3.63, 3.8) is 0 Å². The Bertz CT molecular complexity index is 1520. The number of imidazole rings is 1. The van der Waals surface area contributed by atoms with Crippen LogP contribution in [-0.4, -0.2) is 38.8 Å². The molecule has 8 nitrogen and oxygen atoms in total. The highest BCUT2D eigenvalue weighted by Crippen LogP contribution is 2.45. The Morgan fingerprint density at radius 2 is 2.12 bits per heavy atom. The number of carbonyl (C=O) groups excluding carboxylic acids is 1. The third-order valence-electron chi connectivity index (χ3n) is 7.07. The average Bonchev–Trinajstić information content (AvgIpc) is 3.45. The van der Waals surface area contributed by atoms with Gasteiger partial charge in [-0.1, -0.05) is 12.1 Å². The molecule has 1 amide bonds. The van der Waals surface area contributed by atoms with Crippen LogP contribution < -0.4 is 10.5 Å². The largest absolute Gasteiger partial charge is 0.491 e. The molecule has 2 aromatic heterocycles. The maximum atomic E-state index is 15.0. The Hall–Kier alpha value is -4.19. The second kappa shape index (κ2) is 7.42. The lowest BCUT2D eigenvalue weighted by atomic mass is 9.72. The van der Waals surface area contributed by atoms with E-state index in [1.807, 2.05) is 18.2 Å². The lowest BCUT2D eigenvalue weighted by molar-refractivity contribution is 0.0704. The van der Waals surface area contributed by atoms with Gasteiger partial charge in [0.05, 0.1) is 41.2 Å². The van der Waals surface area contributed by atoms with Crippen molar-refractivity contribution in [3.8, 4) is 11.8 Å². The monoisotopic (exact) mass is 456 g/mol. The van der Waals surface area contributed by atoms with E-state index in [-0.39, 0.29) is 23.3 Å². The number of carbonyl (C=O) groups is 1. The van der Waals surface area contributed by atoms with E-state index in [0.717, 1.165) is 29.7 Å². The number of ether oxygens (including phenoxy) is 1. The number of benzene rings is 2. The zero-order valence-corrected chi connectivity index (χ0v) is 18.4. The molecule has 9 heteroatoms. The summed E-state index contributed by atoms with van der Waals surface area (Å²) in [4.78, 5) is 23.2. The number of rotatable bonds is 3. The molecule has 1 saturated carbocycles. The van der Waals surface area contributed by atoms with Crippen LogP contribution in [0.15, 0.2) is 42.9 Å². The van der Waals surface area contributed by atoms with Crippen molar-refractivity contribution < 1.29 is 13.9 Å². The number of aromatic nitrogens is 3. The lowest BCUT2D eigenvalue weighted by Gasteiger charge is -2.31. The molecule has 1 aliphatic heterocycles. The minimum atomic E-state index is -0.665. The molecule has 0 bridgehead atoms. The first-order valence-corrected chi connectivity index (χ1v) is 11.1. The Morgan fingerprint density at radius 3 is 2.91 bits per heavy atom. The number of nitrogens with two attached hydrogens (primary N) is 1. The highest BCUT2D eigenvalue weighted by molar-refractivity contribution is 5.98. The number of anilines is 1. The fourth-order valence-corrected chi connectivity index (χ4v) is 4.97. The number of nitrogens with zero attached hydrogens (tertiary/aromatic N) is 5. The number of hydrogen-bond acceptors (Lipinski definition) is 6.